The van der Waals surface area contributed by atoms with E-state index < -0.39 is 0 Å². The van der Waals surface area contributed by atoms with Gasteiger partial charge in [-0.3, -0.25) is 0 Å². The molecular weight excluding hydrogens is 465 g/mol. The van der Waals surface area contributed by atoms with Crippen molar-refractivity contribution in [2.75, 3.05) is 19.7 Å². The quantitative estimate of drug-likeness (QED) is 0.461. The normalized spacial score (nSPS) is 15.9. The molecule has 1 fully saturated rings. The molecule has 0 N–H and O–H groups in total. The molecule has 3 aromatic rings. The van der Waals surface area contributed by atoms with Crippen LogP contribution in [-0.2, 0) is 6.54 Å². The Bertz CT molecular complexity index is 930. The van der Waals surface area contributed by atoms with Gasteiger partial charge in [-0.1, -0.05) is 0 Å². The molecule has 1 saturated heterocycles. The summed E-state index contributed by atoms with van der Waals surface area (Å²) in [5, 5.41) is 2.78. The predicted molar refractivity (Wildman–Crippen MR) is 123 cm³/mol. The molecule has 4 nitrogen and oxygen atoms in total. The van der Waals surface area contributed by atoms with E-state index in [4.69, 9.17) is 21.3 Å². The second-order valence-corrected chi connectivity index (χ2v) is 11.7. The van der Waals surface area contributed by atoms with E-state index in [0.717, 1.165) is 40.4 Å². The molecule has 0 aliphatic carbocycles. The Kier molecular flexibility index (Phi) is 7.25. The average Bonchev–Trinajstić information content (AvgIpc) is 3.27. The van der Waals surface area contributed by atoms with E-state index in [1.807, 2.05) is 25.3 Å². The van der Waals surface area contributed by atoms with Crippen molar-refractivity contribution < 1.29 is 4.74 Å². The van der Waals surface area contributed by atoms with E-state index in [9.17, 15) is 0 Å². The van der Waals surface area contributed by atoms with Crippen molar-refractivity contribution in [1.29, 1.82) is 0 Å². The summed E-state index contributed by atoms with van der Waals surface area (Å²) in [6.07, 6.45) is 4.39. The molecule has 0 radical (unpaired) electrons. The van der Waals surface area contributed by atoms with Crippen LogP contribution in [-0.4, -0.2) is 50.3 Å². The Morgan fingerprint density at radius 1 is 1.24 bits per heavy atom. The summed E-state index contributed by atoms with van der Waals surface area (Å²) in [4.78, 5) is 13.2. The molecule has 3 heterocycles. The fraction of sp³-hybridized carbons (Fsp3) is 0.364. The molecular formula is C22H25AsClN3OS. The van der Waals surface area contributed by atoms with Crippen LogP contribution in [0.3, 0.4) is 0 Å². The third-order valence-electron chi connectivity index (χ3n) is 5.05. The molecule has 0 bridgehead atoms. The number of aromatic nitrogens is 2. The summed E-state index contributed by atoms with van der Waals surface area (Å²) in [5.74, 6) is 0.788. The molecule has 7 heteroatoms. The zero-order valence-electron chi connectivity index (χ0n) is 16.5. The molecule has 1 aromatic carbocycles. The van der Waals surface area contributed by atoms with Gasteiger partial charge in [0.1, 0.15) is 0 Å². The second-order valence-electron chi connectivity index (χ2n) is 7.14. The Balaban J connectivity index is 1.31. The average molecular weight is 490 g/mol. The summed E-state index contributed by atoms with van der Waals surface area (Å²) in [6, 6.07) is 12.4. The second kappa shape index (κ2) is 10.1. The molecule has 1 aliphatic heterocycles. The fourth-order valence-corrected chi connectivity index (χ4v) is 7.06. The standard InChI is InChI=1S/C22H25AsClN3OS/c1-2-28-20-14-16(5-6-18(20)24)15-27-11-8-17(9-12-27)23-22-25-10-7-19(26-22)21-4-3-13-29-21/h3-7,10,13-14,17,23H,2,8-9,11-12,15H2,1H3. The van der Waals surface area contributed by atoms with Crippen LogP contribution in [0.25, 0.3) is 10.6 Å². The van der Waals surface area contributed by atoms with Crippen LogP contribution in [0.2, 0.25) is 9.73 Å². The number of rotatable bonds is 7. The maximum atomic E-state index is 6.21. The number of likely N-dealkylation sites (tertiary alicyclic amines) is 1. The van der Waals surface area contributed by atoms with Crippen molar-refractivity contribution in [2.24, 2.45) is 0 Å². The Morgan fingerprint density at radius 2 is 2.10 bits per heavy atom. The van der Waals surface area contributed by atoms with Gasteiger partial charge in [0.25, 0.3) is 0 Å². The summed E-state index contributed by atoms with van der Waals surface area (Å²) < 4.78 is 7.49. The van der Waals surface area contributed by atoms with Crippen molar-refractivity contribution in [3.8, 4) is 16.3 Å². The van der Waals surface area contributed by atoms with Crippen molar-refractivity contribution in [3.63, 3.8) is 0 Å². The van der Waals surface area contributed by atoms with Gasteiger partial charge < -0.3 is 0 Å². The molecule has 0 amide bonds. The first kappa shape index (κ1) is 20.9. The molecule has 0 saturated carbocycles. The first-order valence-corrected chi connectivity index (χ1v) is 13.5. The van der Waals surface area contributed by atoms with E-state index in [1.165, 1.54) is 23.3 Å². The van der Waals surface area contributed by atoms with Gasteiger partial charge in [-0.2, -0.15) is 0 Å². The number of hydrogen-bond acceptors (Lipinski definition) is 5. The van der Waals surface area contributed by atoms with E-state index in [2.05, 4.69) is 39.5 Å². The van der Waals surface area contributed by atoms with Crippen LogP contribution < -0.4 is 9.35 Å². The summed E-state index contributed by atoms with van der Waals surface area (Å²) in [5.41, 5.74) is 2.33. The predicted octanol–water partition coefficient (Wildman–Crippen LogP) is 4.40. The molecule has 2 aromatic heterocycles. The number of thiophene rings is 1. The summed E-state index contributed by atoms with van der Waals surface area (Å²) >= 11 is 7.63. The minimum absolute atomic E-state index is 0.318. The SMILES string of the molecule is CCOc1cc(CN2CCC([AsH]c3nccc(-c4cccs4)n3)CC2)ccc1Cl. The monoisotopic (exact) mass is 489 g/mol. The maximum absolute atomic E-state index is 6.21. The Morgan fingerprint density at radius 3 is 2.86 bits per heavy atom. The number of nitrogens with zero attached hydrogens (tertiary/aromatic N) is 3. The van der Waals surface area contributed by atoms with E-state index in [-0.39, 0.29) is 15.8 Å². The minimum atomic E-state index is -0.318. The number of halogens is 1. The van der Waals surface area contributed by atoms with Crippen LogP contribution in [0, 0.1) is 0 Å². The van der Waals surface area contributed by atoms with Gasteiger partial charge in [-0.15, -0.1) is 0 Å². The molecule has 152 valence electrons. The number of ether oxygens (including phenoxy) is 1. The molecule has 4 rings (SSSR count). The van der Waals surface area contributed by atoms with Crippen LogP contribution in [0.1, 0.15) is 25.3 Å². The van der Waals surface area contributed by atoms with Gasteiger partial charge in [-0.25, -0.2) is 0 Å². The van der Waals surface area contributed by atoms with Crippen LogP contribution in [0.4, 0.5) is 0 Å². The first-order valence-electron chi connectivity index (χ1n) is 9.98. The zero-order chi connectivity index (χ0) is 20.1. The van der Waals surface area contributed by atoms with Gasteiger partial charge in [0.15, 0.2) is 0 Å². The van der Waals surface area contributed by atoms with E-state index in [0.29, 0.717) is 11.6 Å². The van der Waals surface area contributed by atoms with E-state index >= 15 is 0 Å². The molecule has 1 unspecified atom stereocenters. The summed E-state index contributed by atoms with van der Waals surface area (Å²) in [6.45, 7) is 5.83. The molecule has 0 spiro atoms. The van der Waals surface area contributed by atoms with Gasteiger partial charge in [-0.05, 0) is 0 Å². The summed E-state index contributed by atoms with van der Waals surface area (Å²) in [7, 11) is 0. The van der Waals surface area contributed by atoms with Crippen LogP contribution >= 0.6 is 22.9 Å². The van der Waals surface area contributed by atoms with Crippen LogP contribution in [0.5, 0.6) is 5.75 Å². The van der Waals surface area contributed by atoms with Gasteiger partial charge >= 0.3 is 189 Å². The number of benzene rings is 1. The van der Waals surface area contributed by atoms with Crippen molar-refractivity contribution >= 4 is 43.3 Å². The Hall–Kier alpha value is -1.39. The number of hydrogen-bond donors (Lipinski definition) is 0. The van der Waals surface area contributed by atoms with Crippen LogP contribution in [0.15, 0.2) is 48.0 Å². The molecule has 29 heavy (non-hydrogen) atoms. The molecule has 1 aliphatic rings. The van der Waals surface area contributed by atoms with E-state index in [1.54, 1.807) is 11.3 Å². The fourth-order valence-electron chi connectivity index (χ4n) is 3.58. The van der Waals surface area contributed by atoms with Gasteiger partial charge in [0.2, 0.25) is 0 Å². The molecule has 1 atom stereocenters. The number of piperidine rings is 1. The van der Waals surface area contributed by atoms with Gasteiger partial charge in [0, 0.05) is 0 Å². The zero-order valence-corrected chi connectivity index (χ0v) is 20.1. The van der Waals surface area contributed by atoms with Crippen molar-refractivity contribution in [3.05, 3.63) is 58.6 Å². The van der Waals surface area contributed by atoms with Gasteiger partial charge in [0.05, 0.1) is 0 Å². The third-order valence-corrected chi connectivity index (χ3v) is 9.37. The van der Waals surface area contributed by atoms with Crippen molar-refractivity contribution in [2.45, 2.75) is 31.0 Å². The van der Waals surface area contributed by atoms with Crippen molar-refractivity contribution in [1.82, 2.24) is 14.9 Å². The first-order chi connectivity index (χ1) is 14.2. The third kappa shape index (κ3) is 5.61. The Labute approximate surface area is 188 Å². The topological polar surface area (TPSA) is 38.2 Å².